The molecule has 0 saturated carbocycles. The van der Waals surface area contributed by atoms with Gasteiger partial charge in [-0.25, -0.2) is 4.79 Å². The van der Waals surface area contributed by atoms with Gasteiger partial charge in [-0.15, -0.1) is 0 Å². The van der Waals surface area contributed by atoms with Gasteiger partial charge in [0.15, 0.2) is 11.5 Å². The second-order valence-corrected chi connectivity index (χ2v) is 3.33. The van der Waals surface area contributed by atoms with Gasteiger partial charge in [-0.3, -0.25) is 0 Å². The van der Waals surface area contributed by atoms with Gasteiger partial charge in [0.1, 0.15) is 12.2 Å². The average Bonchev–Trinajstić information content (AvgIpc) is 2.38. The van der Waals surface area contributed by atoms with E-state index in [2.05, 4.69) is 0 Å². The molecule has 0 bridgehead atoms. The number of methoxy groups -OCH3 is 1. The standard InChI is InChI=1S/C12H16O6/c1-16-10-4-2-3-9(12(14)15)11(10)18-8-7-17-6-5-13/h2-4,13H,5-8H2,1H3,(H,14,15). The van der Waals surface area contributed by atoms with Crippen molar-refractivity contribution in [3.63, 3.8) is 0 Å². The van der Waals surface area contributed by atoms with E-state index in [4.69, 9.17) is 24.4 Å². The van der Waals surface area contributed by atoms with Crippen LogP contribution in [0, 0.1) is 0 Å². The zero-order valence-electron chi connectivity index (χ0n) is 10.1. The first-order chi connectivity index (χ1) is 8.70. The van der Waals surface area contributed by atoms with Gasteiger partial charge in [0.2, 0.25) is 0 Å². The van der Waals surface area contributed by atoms with Gasteiger partial charge in [-0.2, -0.15) is 0 Å². The summed E-state index contributed by atoms with van der Waals surface area (Å²) in [5, 5.41) is 17.5. The van der Waals surface area contributed by atoms with E-state index in [9.17, 15) is 4.79 Å². The summed E-state index contributed by atoms with van der Waals surface area (Å²) in [6.45, 7) is 0.606. The van der Waals surface area contributed by atoms with E-state index < -0.39 is 5.97 Å². The third-order valence-electron chi connectivity index (χ3n) is 2.14. The molecule has 0 fully saturated rings. The first-order valence-corrected chi connectivity index (χ1v) is 5.42. The van der Waals surface area contributed by atoms with E-state index >= 15 is 0 Å². The van der Waals surface area contributed by atoms with Crippen LogP contribution < -0.4 is 9.47 Å². The topological polar surface area (TPSA) is 85.2 Å². The first-order valence-electron chi connectivity index (χ1n) is 5.42. The van der Waals surface area contributed by atoms with Crippen LogP contribution in [0.5, 0.6) is 11.5 Å². The lowest BCUT2D eigenvalue weighted by atomic mass is 10.2. The molecule has 0 aliphatic heterocycles. The molecule has 1 rings (SSSR count). The van der Waals surface area contributed by atoms with Gasteiger partial charge in [0.05, 0.1) is 26.9 Å². The lowest BCUT2D eigenvalue weighted by Gasteiger charge is -2.12. The summed E-state index contributed by atoms with van der Waals surface area (Å²) in [5.74, 6) is -0.544. The van der Waals surface area contributed by atoms with Crippen LogP contribution in [0.1, 0.15) is 10.4 Å². The van der Waals surface area contributed by atoms with Crippen molar-refractivity contribution < 1.29 is 29.2 Å². The minimum absolute atomic E-state index is 0.0384. The van der Waals surface area contributed by atoms with Crippen LogP contribution in [-0.2, 0) is 4.74 Å². The summed E-state index contributed by atoms with van der Waals surface area (Å²) in [4.78, 5) is 11.0. The molecule has 100 valence electrons. The molecule has 0 radical (unpaired) electrons. The monoisotopic (exact) mass is 256 g/mol. The van der Waals surface area contributed by atoms with E-state index in [-0.39, 0.29) is 37.7 Å². The second-order valence-electron chi connectivity index (χ2n) is 3.33. The van der Waals surface area contributed by atoms with Gasteiger partial charge < -0.3 is 24.4 Å². The maximum absolute atomic E-state index is 11.0. The molecule has 18 heavy (non-hydrogen) atoms. The van der Waals surface area contributed by atoms with Crippen molar-refractivity contribution in [3.05, 3.63) is 23.8 Å². The SMILES string of the molecule is COc1cccc(C(=O)O)c1OCCOCCO. The van der Waals surface area contributed by atoms with Crippen LogP contribution in [0.3, 0.4) is 0 Å². The van der Waals surface area contributed by atoms with Crippen molar-refractivity contribution in [2.75, 3.05) is 33.5 Å². The van der Waals surface area contributed by atoms with E-state index in [0.717, 1.165) is 0 Å². The summed E-state index contributed by atoms with van der Waals surface area (Å²) in [6.07, 6.45) is 0. The molecular weight excluding hydrogens is 240 g/mol. The van der Waals surface area contributed by atoms with Crippen molar-refractivity contribution in [2.45, 2.75) is 0 Å². The number of ether oxygens (including phenoxy) is 3. The Kier molecular flexibility index (Phi) is 5.96. The highest BCUT2D eigenvalue weighted by atomic mass is 16.5. The molecular formula is C12H16O6. The number of carbonyl (C=O) groups is 1. The molecule has 0 aliphatic carbocycles. The van der Waals surface area contributed by atoms with Crippen LogP contribution in [0.2, 0.25) is 0 Å². The minimum atomic E-state index is -1.08. The van der Waals surface area contributed by atoms with Crippen LogP contribution in [0.25, 0.3) is 0 Å². The predicted molar refractivity (Wildman–Crippen MR) is 63.4 cm³/mol. The number of aromatic carboxylic acids is 1. The zero-order valence-corrected chi connectivity index (χ0v) is 10.1. The highest BCUT2D eigenvalue weighted by Crippen LogP contribution is 2.30. The second kappa shape index (κ2) is 7.52. The lowest BCUT2D eigenvalue weighted by Crippen LogP contribution is -2.11. The number of aliphatic hydroxyl groups excluding tert-OH is 1. The average molecular weight is 256 g/mol. The maximum atomic E-state index is 11.0. The Labute approximate surface area is 105 Å². The molecule has 6 nitrogen and oxygen atoms in total. The van der Waals surface area contributed by atoms with Gasteiger partial charge in [-0.05, 0) is 12.1 Å². The molecule has 1 aromatic rings. The summed E-state index contributed by atoms with van der Waals surface area (Å²) in [5.41, 5.74) is 0.0384. The molecule has 0 heterocycles. The fraction of sp³-hybridized carbons (Fsp3) is 0.417. The largest absolute Gasteiger partial charge is 0.493 e. The van der Waals surface area contributed by atoms with Gasteiger partial charge >= 0.3 is 5.97 Å². The van der Waals surface area contributed by atoms with E-state index in [1.165, 1.54) is 13.2 Å². The third-order valence-corrected chi connectivity index (χ3v) is 2.14. The Bertz CT molecular complexity index is 390. The maximum Gasteiger partial charge on any atom is 0.339 e. The van der Waals surface area contributed by atoms with Crippen LogP contribution >= 0.6 is 0 Å². The molecule has 0 amide bonds. The highest BCUT2D eigenvalue weighted by Gasteiger charge is 2.15. The fourth-order valence-electron chi connectivity index (χ4n) is 1.36. The Balaban J connectivity index is 2.69. The van der Waals surface area contributed by atoms with Crippen molar-refractivity contribution in [2.24, 2.45) is 0 Å². The number of benzene rings is 1. The summed E-state index contributed by atoms with van der Waals surface area (Å²) in [6, 6.07) is 4.64. The number of carboxylic acid groups (broad SMARTS) is 1. The van der Waals surface area contributed by atoms with E-state index in [1.807, 2.05) is 0 Å². The number of aliphatic hydroxyl groups is 1. The van der Waals surface area contributed by atoms with E-state index in [0.29, 0.717) is 5.75 Å². The Morgan fingerprint density at radius 2 is 2.06 bits per heavy atom. The number of para-hydroxylation sites is 1. The lowest BCUT2D eigenvalue weighted by molar-refractivity contribution is 0.0651. The van der Waals surface area contributed by atoms with Crippen molar-refractivity contribution in [1.29, 1.82) is 0 Å². The predicted octanol–water partition coefficient (Wildman–Crippen LogP) is 0.781. The highest BCUT2D eigenvalue weighted by molar-refractivity contribution is 5.92. The van der Waals surface area contributed by atoms with Crippen LogP contribution in [-0.4, -0.2) is 49.7 Å². The zero-order chi connectivity index (χ0) is 13.4. The summed E-state index contributed by atoms with van der Waals surface area (Å²) in [7, 11) is 1.44. The number of hydrogen-bond donors (Lipinski definition) is 2. The molecule has 6 heteroatoms. The summed E-state index contributed by atoms with van der Waals surface area (Å²) >= 11 is 0. The molecule has 0 aromatic heterocycles. The van der Waals surface area contributed by atoms with Crippen LogP contribution in [0.15, 0.2) is 18.2 Å². The van der Waals surface area contributed by atoms with Gasteiger partial charge in [0, 0.05) is 0 Å². The van der Waals surface area contributed by atoms with Crippen molar-refractivity contribution >= 4 is 5.97 Å². The first kappa shape index (κ1) is 14.3. The molecule has 0 saturated heterocycles. The minimum Gasteiger partial charge on any atom is -0.493 e. The Morgan fingerprint density at radius 1 is 1.28 bits per heavy atom. The third kappa shape index (κ3) is 3.90. The molecule has 0 aliphatic rings. The van der Waals surface area contributed by atoms with Crippen molar-refractivity contribution in [3.8, 4) is 11.5 Å². The van der Waals surface area contributed by atoms with E-state index in [1.54, 1.807) is 12.1 Å². The molecule has 2 N–H and O–H groups in total. The van der Waals surface area contributed by atoms with Gasteiger partial charge in [-0.1, -0.05) is 6.07 Å². The smallest absolute Gasteiger partial charge is 0.339 e. The quantitative estimate of drug-likeness (QED) is 0.669. The number of rotatable bonds is 8. The molecule has 0 spiro atoms. The summed E-state index contributed by atoms with van der Waals surface area (Å²) < 4.78 is 15.4. The molecule has 0 atom stereocenters. The van der Waals surface area contributed by atoms with Gasteiger partial charge in [0.25, 0.3) is 0 Å². The molecule has 1 aromatic carbocycles. The number of hydrogen-bond acceptors (Lipinski definition) is 5. The number of carboxylic acids is 1. The van der Waals surface area contributed by atoms with Crippen molar-refractivity contribution in [1.82, 2.24) is 0 Å². The Hall–Kier alpha value is -1.79. The Morgan fingerprint density at radius 3 is 2.67 bits per heavy atom. The fourth-order valence-corrected chi connectivity index (χ4v) is 1.36. The van der Waals surface area contributed by atoms with Crippen LogP contribution in [0.4, 0.5) is 0 Å². The normalized spacial score (nSPS) is 10.1. The molecule has 0 unspecified atom stereocenters.